The summed E-state index contributed by atoms with van der Waals surface area (Å²) in [6.45, 7) is 5.03. The topological polar surface area (TPSA) is 124 Å². The Kier molecular flexibility index (Phi) is 7.09. The number of nitrogens with zero attached hydrogens (tertiary/aromatic N) is 1. The molecule has 1 aromatic carbocycles. The van der Waals surface area contributed by atoms with Crippen LogP contribution in [-0.4, -0.2) is 30.6 Å². The number of carbonyl (C=O) groups excluding carboxylic acids is 2. The van der Waals surface area contributed by atoms with Gasteiger partial charge in [-0.3, -0.25) is 20.0 Å². The van der Waals surface area contributed by atoms with Crippen LogP contribution in [0.25, 0.3) is 0 Å². The molecule has 150 valence electrons. The molecule has 1 heterocycles. The van der Waals surface area contributed by atoms with E-state index in [-0.39, 0.29) is 23.7 Å². The fourth-order valence-corrected chi connectivity index (χ4v) is 5.45. The van der Waals surface area contributed by atoms with E-state index in [0.717, 1.165) is 0 Å². The van der Waals surface area contributed by atoms with Crippen molar-refractivity contribution >= 4 is 34.2 Å². The van der Waals surface area contributed by atoms with Crippen LogP contribution in [0.1, 0.15) is 16.1 Å². The third-order valence-electron chi connectivity index (χ3n) is 3.12. The van der Waals surface area contributed by atoms with E-state index in [1.807, 2.05) is 0 Å². The van der Waals surface area contributed by atoms with Gasteiger partial charge in [-0.25, -0.2) is 9.36 Å². The molecule has 2 rings (SSSR count). The van der Waals surface area contributed by atoms with Crippen LogP contribution in [0.3, 0.4) is 0 Å². The normalized spacial score (nSPS) is 13.3. The molecule has 0 bridgehead atoms. The Bertz CT molecular complexity index is 901. The number of hydrogen-bond acceptors (Lipinski definition) is 7. The van der Waals surface area contributed by atoms with Gasteiger partial charge < -0.3 is 13.5 Å². The van der Waals surface area contributed by atoms with Gasteiger partial charge in [0.2, 0.25) is 0 Å². The fraction of sp³-hybridized carbons (Fsp3) is 0.235. The van der Waals surface area contributed by atoms with Crippen molar-refractivity contribution in [1.29, 1.82) is 0 Å². The van der Waals surface area contributed by atoms with Crippen molar-refractivity contribution in [3.63, 3.8) is 0 Å². The van der Waals surface area contributed by atoms with Crippen molar-refractivity contribution in [2.24, 2.45) is 0 Å². The number of amides is 1. The molecule has 1 atom stereocenters. The molecule has 0 aliphatic heterocycles. The quantitative estimate of drug-likeness (QED) is 0.371. The molecule has 1 amide bonds. The number of para-hydroxylation sites is 1. The minimum atomic E-state index is -4.32. The molecule has 1 aromatic heterocycles. The summed E-state index contributed by atoms with van der Waals surface area (Å²) in [7, 11) is -6.64. The SMILES string of the molecule is C[Si](C)(C)OP(=O)(O)Oc1ccccc1COC(=O)Nc1cccnc1C=O. The van der Waals surface area contributed by atoms with Gasteiger partial charge in [-0.1, -0.05) is 18.2 Å². The number of pyridine rings is 1. The third-order valence-corrected chi connectivity index (χ3v) is 6.66. The van der Waals surface area contributed by atoms with Crippen LogP contribution < -0.4 is 9.84 Å². The lowest BCUT2D eigenvalue weighted by Gasteiger charge is -2.22. The second-order valence-electron chi connectivity index (χ2n) is 6.63. The molecule has 0 radical (unpaired) electrons. The second kappa shape index (κ2) is 9.11. The van der Waals surface area contributed by atoms with E-state index in [0.29, 0.717) is 11.8 Å². The van der Waals surface area contributed by atoms with Crippen LogP contribution >= 0.6 is 7.82 Å². The Balaban J connectivity index is 2.04. The second-order valence-corrected chi connectivity index (χ2v) is 12.7. The number of nitrogens with one attached hydrogen (secondary N) is 1. The van der Waals surface area contributed by atoms with Crippen LogP contribution in [0.2, 0.25) is 19.6 Å². The smallest absolute Gasteiger partial charge is 0.444 e. The molecule has 28 heavy (non-hydrogen) atoms. The Labute approximate surface area is 163 Å². The van der Waals surface area contributed by atoms with Gasteiger partial charge in [0.15, 0.2) is 14.6 Å². The highest BCUT2D eigenvalue weighted by Crippen LogP contribution is 2.47. The molecular weight excluding hydrogens is 403 g/mol. The molecule has 1 unspecified atom stereocenters. The lowest BCUT2D eigenvalue weighted by atomic mass is 10.2. The summed E-state index contributed by atoms with van der Waals surface area (Å²) >= 11 is 0. The number of hydrogen-bond donors (Lipinski definition) is 2. The number of rotatable bonds is 8. The van der Waals surface area contributed by atoms with Gasteiger partial charge >= 0.3 is 13.9 Å². The number of aromatic nitrogens is 1. The minimum Gasteiger partial charge on any atom is -0.444 e. The first-order valence-corrected chi connectivity index (χ1v) is 13.1. The van der Waals surface area contributed by atoms with Crippen molar-refractivity contribution in [2.45, 2.75) is 26.2 Å². The molecule has 9 nitrogen and oxygen atoms in total. The molecule has 2 aromatic rings. The Morgan fingerprint density at radius 2 is 1.96 bits per heavy atom. The highest BCUT2D eigenvalue weighted by atomic mass is 31.2. The molecule has 0 aliphatic carbocycles. The Morgan fingerprint density at radius 3 is 2.64 bits per heavy atom. The summed E-state index contributed by atoms with van der Waals surface area (Å²) in [5, 5.41) is 2.41. The Hall–Kier alpha value is -2.52. The summed E-state index contributed by atoms with van der Waals surface area (Å²) in [4.78, 5) is 36.7. The predicted molar refractivity (Wildman–Crippen MR) is 105 cm³/mol. The first-order chi connectivity index (χ1) is 13.1. The van der Waals surface area contributed by atoms with E-state index >= 15 is 0 Å². The largest absolute Gasteiger partial charge is 0.517 e. The zero-order chi connectivity index (χ0) is 20.8. The summed E-state index contributed by atoms with van der Waals surface area (Å²) in [5.74, 6) is 0.0642. The molecule has 0 saturated carbocycles. The van der Waals surface area contributed by atoms with Gasteiger partial charge in [-0.2, -0.15) is 0 Å². The van der Waals surface area contributed by atoms with Crippen molar-refractivity contribution in [3.8, 4) is 5.75 Å². The summed E-state index contributed by atoms with van der Waals surface area (Å²) in [5.41, 5.74) is 0.635. The minimum absolute atomic E-state index is 0.0629. The van der Waals surface area contributed by atoms with Crippen LogP contribution in [0.15, 0.2) is 42.6 Å². The number of benzene rings is 1. The molecule has 11 heteroatoms. The van der Waals surface area contributed by atoms with Gasteiger partial charge in [-0.05, 0) is 37.8 Å². The van der Waals surface area contributed by atoms with Gasteiger partial charge in [-0.15, -0.1) is 0 Å². The van der Waals surface area contributed by atoms with Crippen LogP contribution in [0.4, 0.5) is 10.5 Å². The van der Waals surface area contributed by atoms with E-state index < -0.39 is 22.2 Å². The summed E-state index contributed by atoms with van der Waals surface area (Å²) < 4.78 is 27.6. The first-order valence-electron chi connectivity index (χ1n) is 8.25. The molecule has 0 aliphatic rings. The maximum Gasteiger partial charge on any atom is 0.517 e. The fourth-order valence-electron chi connectivity index (χ4n) is 2.11. The monoisotopic (exact) mass is 424 g/mol. The molecular formula is C17H21N2O7PSi. The van der Waals surface area contributed by atoms with Crippen LogP contribution in [0.5, 0.6) is 5.75 Å². The van der Waals surface area contributed by atoms with Gasteiger partial charge in [0.05, 0.1) is 5.69 Å². The highest BCUT2D eigenvalue weighted by Gasteiger charge is 2.32. The van der Waals surface area contributed by atoms with Crippen molar-refractivity contribution in [1.82, 2.24) is 4.98 Å². The highest BCUT2D eigenvalue weighted by molar-refractivity contribution is 7.49. The number of anilines is 1. The maximum atomic E-state index is 12.2. The Morgan fingerprint density at radius 1 is 1.25 bits per heavy atom. The number of ether oxygens (including phenoxy) is 1. The summed E-state index contributed by atoms with van der Waals surface area (Å²) in [6.07, 6.45) is 1.11. The number of phosphoric ester groups is 1. The maximum absolute atomic E-state index is 12.2. The zero-order valence-electron chi connectivity index (χ0n) is 15.6. The number of phosphoric acid groups is 1. The lowest BCUT2D eigenvalue weighted by molar-refractivity contribution is 0.112. The van der Waals surface area contributed by atoms with E-state index in [1.165, 1.54) is 18.3 Å². The standard InChI is InChI=1S/C17H21N2O7PSi/c1-28(2,3)26-27(22,23)25-16-9-5-4-7-13(16)12-24-17(21)19-14-8-6-10-18-15(14)11-20/h4-11H,12H2,1-3H3,(H,19,21)(H,22,23). The average Bonchev–Trinajstić information content (AvgIpc) is 2.59. The van der Waals surface area contributed by atoms with E-state index in [4.69, 9.17) is 13.5 Å². The van der Waals surface area contributed by atoms with E-state index in [2.05, 4.69) is 10.3 Å². The number of aldehydes is 1. The average molecular weight is 424 g/mol. The van der Waals surface area contributed by atoms with Gasteiger partial charge in [0, 0.05) is 11.8 Å². The summed E-state index contributed by atoms with van der Waals surface area (Å²) in [6, 6.07) is 9.39. The van der Waals surface area contributed by atoms with E-state index in [1.54, 1.807) is 43.9 Å². The first kappa shape index (κ1) is 21.8. The van der Waals surface area contributed by atoms with Crippen LogP contribution in [-0.2, 0) is 20.1 Å². The van der Waals surface area contributed by atoms with Crippen molar-refractivity contribution in [3.05, 3.63) is 53.9 Å². The van der Waals surface area contributed by atoms with Crippen molar-refractivity contribution in [2.75, 3.05) is 5.32 Å². The lowest BCUT2D eigenvalue weighted by Crippen LogP contribution is -2.24. The third kappa shape index (κ3) is 6.89. The molecule has 0 fully saturated rings. The molecule has 0 spiro atoms. The van der Waals surface area contributed by atoms with Gasteiger partial charge in [0.25, 0.3) is 0 Å². The molecule has 0 saturated heterocycles. The molecule has 2 N–H and O–H groups in total. The number of carbonyl (C=O) groups is 2. The van der Waals surface area contributed by atoms with E-state index in [9.17, 15) is 19.0 Å². The zero-order valence-corrected chi connectivity index (χ0v) is 17.5. The predicted octanol–water partition coefficient (Wildman–Crippen LogP) is 3.97. The van der Waals surface area contributed by atoms with Gasteiger partial charge in [0.1, 0.15) is 18.1 Å². The van der Waals surface area contributed by atoms with Crippen LogP contribution in [0, 0.1) is 0 Å². The van der Waals surface area contributed by atoms with Crippen molar-refractivity contribution < 1.29 is 32.5 Å².